The number of carbonyl (C=O) groups excluding carboxylic acids is 1. The molecule has 1 saturated carbocycles. The predicted molar refractivity (Wildman–Crippen MR) is 97.0 cm³/mol. The molecule has 7 heteroatoms. The van der Waals surface area contributed by atoms with Gasteiger partial charge in [-0.25, -0.2) is 13.1 Å². The Kier molecular flexibility index (Phi) is 5.76. The SMILES string of the molecule is CNC1CCN(C(=O)c2cccc(S(=O)(=O)NC3CCCC3)c2)CC1. The van der Waals surface area contributed by atoms with Gasteiger partial charge in [-0.3, -0.25) is 4.79 Å². The molecule has 2 N–H and O–H groups in total. The van der Waals surface area contributed by atoms with E-state index in [0.717, 1.165) is 38.5 Å². The zero-order chi connectivity index (χ0) is 17.9. The van der Waals surface area contributed by atoms with Crippen LogP contribution in [0, 0.1) is 0 Å². The van der Waals surface area contributed by atoms with Crippen LogP contribution in [0.1, 0.15) is 48.9 Å². The van der Waals surface area contributed by atoms with Gasteiger partial charge in [0.25, 0.3) is 5.91 Å². The molecule has 2 aliphatic rings. The Morgan fingerprint density at radius 3 is 2.40 bits per heavy atom. The lowest BCUT2D eigenvalue weighted by molar-refractivity contribution is 0.0707. The van der Waals surface area contributed by atoms with Gasteiger partial charge in [0.05, 0.1) is 4.90 Å². The minimum absolute atomic E-state index is 0.0185. The lowest BCUT2D eigenvalue weighted by Crippen LogP contribution is -2.44. The first kappa shape index (κ1) is 18.4. The number of nitrogens with one attached hydrogen (secondary N) is 2. The predicted octanol–water partition coefficient (Wildman–Crippen LogP) is 1.73. The summed E-state index contributed by atoms with van der Waals surface area (Å²) in [6, 6.07) is 6.87. The van der Waals surface area contributed by atoms with Crippen LogP contribution in [0.5, 0.6) is 0 Å². The zero-order valence-electron chi connectivity index (χ0n) is 14.7. The molecule has 1 heterocycles. The van der Waals surface area contributed by atoms with Crippen LogP contribution in [0.2, 0.25) is 0 Å². The number of piperidine rings is 1. The summed E-state index contributed by atoms with van der Waals surface area (Å²) in [5.74, 6) is -0.0903. The molecule has 3 rings (SSSR count). The summed E-state index contributed by atoms with van der Waals surface area (Å²) in [5.41, 5.74) is 0.442. The highest BCUT2D eigenvalue weighted by Gasteiger charge is 2.26. The average molecular weight is 365 g/mol. The minimum Gasteiger partial charge on any atom is -0.339 e. The summed E-state index contributed by atoms with van der Waals surface area (Å²) in [6.07, 6.45) is 5.74. The molecule has 6 nitrogen and oxygen atoms in total. The summed E-state index contributed by atoms with van der Waals surface area (Å²) in [6.45, 7) is 1.39. The lowest BCUT2D eigenvalue weighted by Gasteiger charge is -2.32. The van der Waals surface area contributed by atoms with Crippen molar-refractivity contribution >= 4 is 15.9 Å². The Morgan fingerprint density at radius 2 is 1.76 bits per heavy atom. The molecule has 1 saturated heterocycles. The third-order valence-corrected chi connectivity index (χ3v) is 6.78. The normalized spacial score (nSPS) is 20.1. The molecule has 0 aromatic heterocycles. The van der Waals surface area contributed by atoms with Crippen LogP contribution in [0.4, 0.5) is 0 Å². The molecule has 1 amide bonds. The quantitative estimate of drug-likeness (QED) is 0.833. The van der Waals surface area contributed by atoms with Crippen molar-refractivity contribution in [1.82, 2.24) is 14.9 Å². The van der Waals surface area contributed by atoms with Crippen LogP contribution in [-0.4, -0.2) is 51.4 Å². The maximum atomic E-state index is 12.7. The van der Waals surface area contributed by atoms with Gasteiger partial charge in [0.2, 0.25) is 10.0 Å². The molecule has 1 aliphatic heterocycles. The summed E-state index contributed by atoms with van der Waals surface area (Å²) in [4.78, 5) is 14.7. The van der Waals surface area contributed by atoms with Gasteiger partial charge in [-0.05, 0) is 50.9 Å². The maximum Gasteiger partial charge on any atom is 0.253 e. The first-order valence-electron chi connectivity index (χ1n) is 9.08. The summed E-state index contributed by atoms with van der Waals surface area (Å²) in [7, 11) is -1.64. The maximum absolute atomic E-state index is 12.7. The van der Waals surface area contributed by atoms with E-state index in [1.165, 1.54) is 6.07 Å². The van der Waals surface area contributed by atoms with E-state index in [1.54, 1.807) is 18.2 Å². The second-order valence-corrected chi connectivity index (χ2v) is 8.70. The van der Waals surface area contributed by atoms with Crippen LogP contribution in [0.3, 0.4) is 0 Å². The summed E-state index contributed by atoms with van der Waals surface area (Å²) < 4.78 is 27.9. The van der Waals surface area contributed by atoms with Crippen molar-refractivity contribution in [2.75, 3.05) is 20.1 Å². The largest absolute Gasteiger partial charge is 0.339 e. The van der Waals surface area contributed by atoms with Crippen molar-refractivity contribution in [2.24, 2.45) is 0 Å². The fraction of sp³-hybridized carbons (Fsp3) is 0.611. The van der Waals surface area contributed by atoms with Crippen molar-refractivity contribution in [2.45, 2.75) is 55.5 Å². The van der Waals surface area contributed by atoms with Crippen LogP contribution in [0.25, 0.3) is 0 Å². The van der Waals surface area contributed by atoms with E-state index >= 15 is 0 Å². The molecule has 2 fully saturated rings. The monoisotopic (exact) mass is 365 g/mol. The summed E-state index contributed by atoms with van der Waals surface area (Å²) in [5, 5.41) is 3.24. The smallest absolute Gasteiger partial charge is 0.253 e. The van der Waals surface area contributed by atoms with Gasteiger partial charge in [0.15, 0.2) is 0 Å². The standard InChI is InChI=1S/C18H27N3O3S/c1-19-15-9-11-21(12-10-15)18(22)14-5-4-8-17(13-14)25(23,24)20-16-6-2-3-7-16/h4-5,8,13,15-16,19-20H,2-3,6-7,9-12H2,1H3. The molecule has 1 aliphatic carbocycles. The topological polar surface area (TPSA) is 78.5 Å². The Hall–Kier alpha value is -1.44. The van der Waals surface area contributed by atoms with Crippen molar-refractivity contribution < 1.29 is 13.2 Å². The fourth-order valence-electron chi connectivity index (χ4n) is 3.68. The van der Waals surface area contributed by atoms with E-state index in [2.05, 4.69) is 10.0 Å². The number of hydrogen-bond acceptors (Lipinski definition) is 4. The second kappa shape index (κ2) is 7.85. The number of carbonyl (C=O) groups is 1. The van der Waals surface area contributed by atoms with E-state index in [4.69, 9.17) is 0 Å². The minimum atomic E-state index is -3.57. The van der Waals surface area contributed by atoms with E-state index in [1.807, 2.05) is 11.9 Å². The Labute approximate surface area is 150 Å². The fourth-order valence-corrected chi connectivity index (χ4v) is 5.03. The number of amides is 1. The van der Waals surface area contributed by atoms with Crippen molar-refractivity contribution in [3.05, 3.63) is 29.8 Å². The Balaban J connectivity index is 1.71. The van der Waals surface area contributed by atoms with Crippen LogP contribution in [0.15, 0.2) is 29.2 Å². The molecular weight excluding hydrogens is 338 g/mol. The molecule has 1 aromatic carbocycles. The van der Waals surface area contributed by atoms with Gasteiger partial charge in [0, 0.05) is 30.7 Å². The molecule has 0 bridgehead atoms. The van der Waals surface area contributed by atoms with Crippen LogP contribution in [-0.2, 0) is 10.0 Å². The Morgan fingerprint density at radius 1 is 1.08 bits per heavy atom. The lowest BCUT2D eigenvalue weighted by atomic mass is 10.0. The molecule has 0 atom stereocenters. The van der Waals surface area contributed by atoms with Crippen molar-refractivity contribution in [3.63, 3.8) is 0 Å². The van der Waals surface area contributed by atoms with E-state index in [9.17, 15) is 13.2 Å². The number of sulfonamides is 1. The number of benzene rings is 1. The van der Waals surface area contributed by atoms with Crippen molar-refractivity contribution in [1.29, 1.82) is 0 Å². The third-order valence-electron chi connectivity index (χ3n) is 5.26. The number of hydrogen-bond donors (Lipinski definition) is 2. The first-order chi connectivity index (χ1) is 12.0. The highest BCUT2D eigenvalue weighted by molar-refractivity contribution is 7.89. The second-order valence-electron chi connectivity index (χ2n) is 6.99. The first-order valence-corrected chi connectivity index (χ1v) is 10.6. The van der Waals surface area contributed by atoms with E-state index < -0.39 is 10.0 Å². The average Bonchev–Trinajstić information content (AvgIpc) is 3.13. The van der Waals surface area contributed by atoms with Crippen LogP contribution >= 0.6 is 0 Å². The molecule has 138 valence electrons. The summed E-state index contributed by atoms with van der Waals surface area (Å²) >= 11 is 0. The third kappa shape index (κ3) is 4.40. The zero-order valence-corrected chi connectivity index (χ0v) is 15.5. The van der Waals surface area contributed by atoms with Crippen LogP contribution < -0.4 is 10.0 Å². The van der Waals surface area contributed by atoms with E-state index in [-0.39, 0.29) is 16.8 Å². The molecule has 0 radical (unpaired) electrons. The van der Waals surface area contributed by atoms with E-state index in [0.29, 0.717) is 24.7 Å². The molecule has 0 unspecified atom stereocenters. The van der Waals surface area contributed by atoms with Gasteiger partial charge < -0.3 is 10.2 Å². The molecular formula is C18H27N3O3S. The van der Waals surface area contributed by atoms with Gasteiger partial charge in [0.1, 0.15) is 0 Å². The molecule has 1 aromatic rings. The van der Waals surface area contributed by atoms with Gasteiger partial charge in [-0.2, -0.15) is 0 Å². The molecule has 0 spiro atoms. The van der Waals surface area contributed by atoms with Gasteiger partial charge in [-0.1, -0.05) is 18.9 Å². The number of rotatable bonds is 5. The highest BCUT2D eigenvalue weighted by atomic mass is 32.2. The van der Waals surface area contributed by atoms with Crippen molar-refractivity contribution in [3.8, 4) is 0 Å². The van der Waals surface area contributed by atoms with Gasteiger partial charge in [-0.15, -0.1) is 0 Å². The number of likely N-dealkylation sites (tertiary alicyclic amines) is 1. The Bertz CT molecular complexity index is 706. The highest BCUT2D eigenvalue weighted by Crippen LogP contribution is 2.21. The number of nitrogens with zero attached hydrogens (tertiary/aromatic N) is 1. The van der Waals surface area contributed by atoms with Gasteiger partial charge >= 0.3 is 0 Å². The molecule has 25 heavy (non-hydrogen) atoms.